The maximum Gasteiger partial charge on any atom is 0.433 e. The zero-order valence-electron chi connectivity index (χ0n) is 8.97. The molecule has 0 amide bonds. The molecular formula is C11H8Cl2N2O3. The standard InChI is InChI=1S/C11H8Cl2N2O3/c12-7-2-1-6(5-8(7)13)11(14)9-3-4-10(18-9)15(16)17/h1-5,11H,14H2. The van der Waals surface area contributed by atoms with Crippen molar-refractivity contribution in [3.8, 4) is 0 Å². The molecule has 0 fully saturated rings. The lowest BCUT2D eigenvalue weighted by Gasteiger charge is -2.09. The summed E-state index contributed by atoms with van der Waals surface area (Å²) in [5.74, 6) is -0.0550. The van der Waals surface area contributed by atoms with Gasteiger partial charge < -0.3 is 10.2 Å². The van der Waals surface area contributed by atoms with Crippen LogP contribution in [0.3, 0.4) is 0 Å². The van der Waals surface area contributed by atoms with Gasteiger partial charge >= 0.3 is 5.88 Å². The second-order valence-corrected chi connectivity index (χ2v) is 4.40. The Morgan fingerprint density at radius 3 is 2.50 bits per heavy atom. The Kier molecular flexibility index (Phi) is 3.56. The van der Waals surface area contributed by atoms with Crippen molar-refractivity contribution in [1.29, 1.82) is 0 Å². The lowest BCUT2D eigenvalue weighted by Crippen LogP contribution is -2.10. The number of nitrogens with two attached hydrogens (primary N) is 1. The third kappa shape index (κ3) is 2.48. The molecule has 0 saturated carbocycles. The van der Waals surface area contributed by atoms with Crippen molar-refractivity contribution in [2.45, 2.75) is 6.04 Å². The first-order chi connectivity index (χ1) is 8.49. The van der Waals surface area contributed by atoms with Crippen LogP contribution in [0.1, 0.15) is 17.4 Å². The minimum absolute atomic E-state index is 0.292. The first-order valence-electron chi connectivity index (χ1n) is 4.93. The number of furan rings is 1. The minimum atomic E-state index is -0.631. The molecule has 2 rings (SSSR count). The minimum Gasteiger partial charge on any atom is -0.404 e. The Hall–Kier alpha value is -1.56. The van der Waals surface area contributed by atoms with Crippen LogP contribution in [0.5, 0.6) is 0 Å². The number of benzene rings is 1. The zero-order valence-corrected chi connectivity index (χ0v) is 10.5. The Labute approximate surface area is 112 Å². The van der Waals surface area contributed by atoms with E-state index in [0.717, 1.165) is 0 Å². The molecule has 5 nitrogen and oxygen atoms in total. The number of rotatable bonds is 3. The first-order valence-corrected chi connectivity index (χ1v) is 5.69. The second-order valence-electron chi connectivity index (χ2n) is 3.58. The van der Waals surface area contributed by atoms with Crippen molar-refractivity contribution in [2.24, 2.45) is 5.73 Å². The van der Waals surface area contributed by atoms with Crippen molar-refractivity contribution in [3.05, 3.63) is 61.8 Å². The van der Waals surface area contributed by atoms with Crippen LogP contribution in [-0.2, 0) is 0 Å². The van der Waals surface area contributed by atoms with Gasteiger partial charge in [0.05, 0.1) is 22.2 Å². The summed E-state index contributed by atoms with van der Waals surface area (Å²) in [5.41, 5.74) is 6.59. The highest BCUT2D eigenvalue weighted by atomic mass is 35.5. The molecule has 0 aliphatic carbocycles. The molecule has 2 aromatic rings. The van der Waals surface area contributed by atoms with E-state index >= 15 is 0 Å². The molecule has 0 aliphatic heterocycles. The fourth-order valence-electron chi connectivity index (χ4n) is 1.48. The third-order valence-corrected chi connectivity index (χ3v) is 3.14. The quantitative estimate of drug-likeness (QED) is 0.691. The van der Waals surface area contributed by atoms with Crippen molar-refractivity contribution in [1.82, 2.24) is 0 Å². The van der Waals surface area contributed by atoms with Gasteiger partial charge in [-0.05, 0) is 23.8 Å². The Balaban J connectivity index is 2.31. The van der Waals surface area contributed by atoms with E-state index in [4.69, 9.17) is 33.4 Å². The predicted octanol–water partition coefficient (Wildman–Crippen LogP) is 3.54. The average molecular weight is 287 g/mol. The van der Waals surface area contributed by atoms with Crippen LogP contribution in [0.4, 0.5) is 5.88 Å². The molecule has 1 unspecified atom stereocenters. The molecule has 94 valence electrons. The SMILES string of the molecule is NC(c1ccc(Cl)c(Cl)c1)c1ccc([N+](=O)[O-])o1. The number of hydrogen-bond acceptors (Lipinski definition) is 4. The van der Waals surface area contributed by atoms with Gasteiger partial charge in [-0.3, -0.25) is 10.1 Å². The molecule has 18 heavy (non-hydrogen) atoms. The summed E-state index contributed by atoms with van der Waals surface area (Å²) in [6.07, 6.45) is 0. The lowest BCUT2D eigenvalue weighted by atomic mass is 10.1. The largest absolute Gasteiger partial charge is 0.433 e. The Morgan fingerprint density at radius 1 is 1.22 bits per heavy atom. The molecule has 0 radical (unpaired) electrons. The summed E-state index contributed by atoms with van der Waals surface area (Å²) >= 11 is 11.7. The summed E-state index contributed by atoms with van der Waals surface area (Å²) in [5, 5.41) is 11.3. The van der Waals surface area contributed by atoms with E-state index in [-0.39, 0.29) is 5.88 Å². The van der Waals surface area contributed by atoms with E-state index in [1.807, 2.05) is 0 Å². The van der Waals surface area contributed by atoms with Crippen molar-refractivity contribution in [2.75, 3.05) is 0 Å². The van der Waals surface area contributed by atoms with Gasteiger partial charge in [0.15, 0.2) is 0 Å². The van der Waals surface area contributed by atoms with E-state index in [1.54, 1.807) is 18.2 Å². The highest BCUT2D eigenvalue weighted by molar-refractivity contribution is 6.42. The van der Waals surface area contributed by atoms with Crippen LogP contribution in [-0.4, -0.2) is 4.92 Å². The maximum absolute atomic E-state index is 10.5. The van der Waals surface area contributed by atoms with Crippen LogP contribution in [0.2, 0.25) is 10.0 Å². The number of nitrogens with zero attached hydrogens (tertiary/aromatic N) is 1. The fraction of sp³-hybridized carbons (Fsp3) is 0.0909. The van der Waals surface area contributed by atoms with Gasteiger partial charge in [0.1, 0.15) is 10.7 Å². The topological polar surface area (TPSA) is 82.3 Å². The molecule has 1 aromatic carbocycles. The fourth-order valence-corrected chi connectivity index (χ4v) is 1.78. The summed E-state index contributed by atoms with van der Waals surface area (Å²) in [6.45, 7) is 0. The molecular weight excluding hydrogens is 279 g/mol. The molecule has 1 aromatic heterocycles. The average Bonchev–Trinajstić information content (AvgIpc) is 2.81. The first kappa shape index (κ1) is 12.9. The van der Waals surface area contributed by atoms with Crippen molar-refractivity contribution >= 4 is 29.1 Å². The molecule has 7 heteroatoms. The maximum atomic E-state index is 10.5. The van der Waals surface area contributed by atoms with Gasteiger partial charge in [0.2, 0.25) is 0 Å². The highest BCUT2D eigenvalue weighted by Crippen LogP contribution is 2.29. The monoisotopic (exact) mass is 286 g/mol. The molecule has 0 bridgehead atoms. The van der Waals surface area contributed by atoms with Gasteiger partial charge in [0.25, 0.3) is 0 Å². The van der Waals surface area contributed by atoms with E-state index in [0.29, 0.717) is 21.4 Å². The van der Waals surface area contributed by atoms with Gasteiger partial charge in [-0.15, -0.1) is 0 Å². The van der Waals surface area contributed by atoms with Crippen LogP contribution in [0.25, 0.3) is 0 Å². The van der Waals surface area contributed by atoms with E-state index in [1.165, 1.54) is 12.1 Å². The lowest BCUT2D eigenvalue weighted by molar-refractivity contribution is -0.402. The van der Waals surface area contributed by atoms with Crippen LogP contribution >= 0.6 is 23.2 Å². The molecule has 1 heterocycles. The van der Waals surface area contributed by atoms with Gasteiger partial charge in [-0.2, -0.15) is 0 Å². The number of halogens is 2. The van der Waals surface area contributed by atoms with E-state index in [2.05, 4.69) is 0 Å². The molecule has 0 saturated heterocycles. The second kappa shape index (κ2) is 4.97. The molecule has 0 spiro atoms. The molecule has 2 N–H and O–H groups in total. The summed E-state index contributed by atoms with van der Waals surface area (Å²) in [6, 6.07) is 6.98. The van der Waals surface area contributed by atoms with Gasteiger partial charge in [0, 0.05) is 0 Å². The van der Waals surface area contributed by atoms with Crippen LogP contribution < -0.4 is 5.73 Å². The smallest absolute Gasteiger partial charge is 0.404 e. The summed E-state index contributed by atoms with van der Waals surface area (Å²) in [7, 11) is 0. The van der Waals surface area contributed by atoms with E-state index in [9.17, 15) is 10.1 Å². The normalized spacial score (nSPS) is 12.4. The summed E-state index contributed by atoms with van der Waals surface area (Å²) < 4.78 is 5.03. The molecule has 1 atom stereocenters. The Bertz CT molecular complexity index is 598. The van der Waals surface area contributed by atoms with Crippen molar-refractivity contribution in [3.63, 3.8) is 0 Å². The van der Waals surface area contributed by atoms with Gasteiger partial charge in [-0.25, -0.2) is 0 Å². The van der Waals surface area contributed by atoms with Crippen LogP contribution in [0.15, 0.2) is 34.7 Å². The Morgan fingerprint density at radius 2 is 1.94 bits per heavy atom. The van der Waals surface area contributed by atoms with Crippen molar-refractivity contribution < 1.29 is 9.34 Å². The predicted molar refractivity (Wildman–Crippen MR) is 67.9 cm³/mol. The molecule has 0 aliphatic rings. The van der Waals surface area contributed by atoms with Crippen LogP contribution in [0, 0.1) is 10.1 Å². The number of hydrogen-bond donors (Lipinski definition) is 1. The third-order valence-electron chi connectivity index (χ3n) is 2.40. The zero-order chi connectivity index (χ0) is 13.3. The number of nitro groups is 1. The summed E-state index contributed by atoms with van der Waals surface area (Å²) in [4.78, 5) is 9.88. The van der Waals surface area contributed by atoms with Gasteiger partial charge in [-0.1, -0.05) is 29.3 Å². The highest BCUT2D eigenvalue weighted by Gasteiger charge is 2.18. The van der Waals surface area contributed by atoms with E-state index < -0.39 is 11.0 Å².